The lowest BCUT2D eigenvalue weighted by molar-refractivity contribution is -0.114. The van der Waals surface area contributed by atoms with E-state index < -0.39 is 11.8 Å². The minimum Gasteiger partial charge on any atom is -0.326 e. The van der Waals surface area contributed by atoms with Crippen molar-refractivity contribution in [1.82, 2.24) is 0 Å². The minimum absolute atomic E-state index is 0.0718. The maximum Gasteiger partial charge on any atom is 0.323 e. The Morgan fingerprint density at radius 3 is 1.95 bits per heavy atom. The molecule has 0 radical (unpaired) electrons. The number of urea groups is 1. The van der Waals surface area contributed by atoms with Crippen molar-refractivity contribution in [3.05, 3.63) is 53.3 Å². The highest BCUT2D eigenvalue weighted by Gasteiger charge is 2.05. The van der Waals surface area contributed by atoms with Crippen molar-refractivity contribution in [3.63, 3.8) is 0 Å². The molecule has 114 valence electrons. The molecule has 0 bridgehead atoms. The molecule has 0 aliphatic rings. The van der Waals surface area contributed by atoms with Crippen LogP contribution in [0.3, 0.4) is 0 Å². The first kappa shape index (κ1) is 15.8. The van der Waals surface area contributed by atoms with Gasteiger partial charge in [-0.05, 0) is 42.5 Å². The number of carbonyl (C=O) groups is 2. The Balaban J connectivity index is 1.96. The van der Waals surface area contributed by atoms with Crippen molar-refractivity contribution < 1.29 is 14.0 Å². The SMILES string of the molecule is CC(=O)Nc1ccc(NC(=O)Nc2ccc(F)c(Cl)c2)cc1. The fourth-order valence-electron chi connectivity index (χ4n) is 1.71. The highest BCUT2D eigenvalue weighted by atomic mass is 35.5. The zero-order valence-corrected chi connectivity index (χ0v) is 12.4. The van der Waals surface area contributed by atoms with Gasteiger partial charge in [-0.1, -0.05) is 11.6 Å². The largest absolute Gasteiger partial charge is 0.326 e. The predicted molar refractivity (Wildman–Crippen MR) is 84.8 cm³/mol. The van der Waals surface area contributed by atoms with Crippen LogP contribution in [0, 0.1) is 5.82 Å². The van der Waals surface area contributed by atoms with Gasteiger partial charge in [-0.15, -0.1) is 0 Å². The third-order valence-electron chi connectivity index (χ3n) is 2.64. The van der Waals surface area contributed by atoms with Gasteiger partial charge >= 0.3 is 6.03 Å². The monoisotopic (exact) mass is 321 g/mol. The number of benzene rings is 2. The minimum atomic E-state index is -0.554. The zero-order valence-electron chi connectivity index (χ0n) is 11.6. The molecule has 22 heavy (non-hydrogen) atoms. The molecule has 5 nitrogen and oxygen atoms in total. The van der Waals surface area contributed by atoms with Crippen molar-refractivity contribution in [3.8, 4) is 0 Å². The van der Waals surface area contributed by atoms with Crippen LogP contribution in [0.4, 0.5) is 26.2 Å². The predicted octanol–water partition coefficient (Wildman–Crippen LogP) is 4.08. The molecule has 3 N–H and O–H groups in total. The third kappa shape index (κ3) is 4.46. The second-order valence-electron chi connectivity index (χ2n) is 4.47. The molecule has 3 amide bonds. The third-order valence-corrected chi connectivity index (χ3v) is 2.93. The van der Waals surface area contributed by atoms with Gasteiger partial charge in [0.15, 0.2) is 0 Å². The van der Waals surface area contributed by atoms with Crippen LogP contribution >= 0.6 is 11.6 Å². The van der Waals surface area contributed by atoms with E-state index >= 15 is 0 Å². The van der Waals surface area contributed by atoms with E-state index in [0.717, 1.165) is 0 Å². The maximum absolute atomic E-state index is 13.0. The molecule has 0 heterocycles. The van der Waals surface area contributed by atoms with Crippen molar-refractivity contribution >= 4 is 40.6 Å². The summed E-state index contributed by atoms with van der Waals surface area (Å²) in [7, 11) is 0. The van der Waals surface area contributed by atoms with Gasteiger partial charge in [-0.2, -0.15) is 0 Å². The quantitative estimate of drug-likeness (QED) is 0.797. The number of hydrogen-bond acceptors (Lipinski definition) is 2. The van der Waals surface area contributed by atoms with E-state index in [9.17, 15) is 14.0 Å². The van der Waals surface area contributed by atoms with Gasteiger partial charge in [0.25, 0.3) is 0 Å². The van der Waals surface area contributed by atoms with Crippen LogP contribution in [-0.4, -0.2) is 11.9 Å². The van der Waals surface area contributed by atoms with Crippen LogP contribution in [0.25, 0.3) is 0 Å². The molecule has 0 aromatic heterocycles. The van der Waals surface area contributed by atoms with Gasteiger partial charge in [0, 0.05) is 24.0 Å². The van der Waals surface area contributed by atoms with E-state index in [0.29, 0.717) is 17.1 Å². The van der Waals surface area contributed by atoms with Crippen LogP contribution in [-0.2, 0) is 4.79 Å². The number of carbonyl (C=O) groups excluding carboxylic acids is 2. The van der Waals surface area contributed by atoms with E-state index in [2.05, 4.69) is 16.0 Å². The first-order valence-electron chi connectivity index (χ1n) is 6.35. The molecular weight excluding hydrogens is 309 g/mol. The summed E-state index contributed by atoms with van der Waals surface area (Å²) in [6.07, 6.45) is 0. The lowest BCUT2D eigenvalue weighted by Gasteiger charge is -2.09. The number of hydrogen-bond donors (Lipinski definition) is 3. The Labute approximate surface area is 131 Å². The highest BCUT2D eigenvalue weighted by molar-refractivity contribution is 6.31. The first-order valence-corrected chi connectivity index (χ1v) is 6.72. The molecule has 0 saturated heterocycles. The second kappa shape index (κ2) is 6.91. The van der Waals surface area contributed by atoms with E-state index in [1.165, 1.54) is 25.1 Å². The molecule has 0 saturated carbocycles. The van der Waals surface area contributed by atoms with Gasteiger partial charge in [0.2, 0.25) is 5.91 Å². The fourth-order valence-corrected chi connectivity index (χ4v) is 1.89. The molecule has 2 aromatic carbocycles. The van der Waals surface area contributed by atoms with Crippen LogP contribution in [0.1, 0.15) is 6.92 Å². The molecule has 0 aliphatic carbocycles. The highest BCUT2D eigenvalue weighted by Crippen LogP contribution is 2.20. The Kier molecular flexibility index (Phi) is 4.95. The average molecular weight is 322 g/mol. The van der Waals surface area contributed by atoms with Crippen LogP contribution in [0.2, 0.25) is 5.02 Å². The lowest BCUT2D eigenvalue weighted by Crippen LogP contribution is -2.19. The van der Waals surface area contributed by atoms with Crippen LogP contribution in [0.15, 0.2) is 42.5 Å². The van der Waals surface area contributed by atoms with Gasteiger partial charge in [0.05, 0.1) is 5.02 Å². The summed E-state index contributed by atoms with van der Waals surface area (Å²) >= 11 is 5.64. The first-order chi connectivity index (χ1) is 10.4. The molecule has 2 rings (SSSR count). The number of halogens is 2. The molecule has 7 heteroatoms. The Morgan fingerprint density at radius 2 is 1.41 bits per heavy atom. The van der Waals surface area contributed by atoms with E-state index in [1.807, 2.05) is 0 Å². The summed E-state index contributed by atoms with van der Waals surface area (Å²) in [6, 6.07) is 10.00. The molecule has 2 aromatic rings. The van der Waals surface area contributed by atoms with Crippen molar-refractivity contribution in [2.24, 2.45) is 0 Å². The molecule has 0 fully saturated rings. The number of amides is 3. The lowest BCUT2D eigenvalue weighted by atomic mass is 10.3. The summed E-state index contributed by atoms with van der Waals surface area (Å²) in [6.45, 7) is 1.41. The van der Waals surface area contributed by atoms with E-state index in [-0.39, 0.29) is 10.9 Å². The van der Waals surface area contributed by atoms with E-state index in [1.54, 1.807) is 24.3 Å². The molecular formula is C15H13ClFN3O2. The normalized spacial score (nSPS) is 9.95. The summed E-state index contributed by atoms with van der Waals surface area (Å²) < 4.78 is 13.0. The standard InChI is InChI=1S/C15H13ClFN3O2/c1-9(21)18-10-2-4-11(5-3-10)19-15(22)20-12-6-7-14(17)13(16)8-12/h2-8H,1H3,(H,18,21)(H2,19,20,22). The van der Waals surface area contributed by atoms with Crippen molar-refractivity contribution in [2.45, 2.75) is 6.92 Å². The average Bonchev–Trinajstić information content (AvgIpc) is 2.44. The second-order valence-corrected chi connectivity index (χ2v) is 4.87. The van der Waals surface area contributed by atoms with Crippen LogP contribution < -0.4 is 16.0 Å². The van der Waals surface area contributed by atoms with Gasteiger partial charge in [-0.25, -0.2) is 9.18 Å². The Morgan fingerprint density at radius 1 is 0.909 bits per heavy atom. The van der Waals surface area contributed by atoms with Gasteiger partial charge in [0.1, 0.15) is 5.82 Å². The summed E-state index contributed by atoms with van der Waals surface area (Å²) in [5.41, 5.74) is 1.54. The number of anilines is 3. The van der Waals surface area contributed by atoms with Gasteiger partial charge < -0.3 is 16.0 Å². The molecule has 0 atom stereocenters. The van der Waals surface area contributed by atoms with Crippen molar-refractivity contribution in [1.29, 1.82) is 0 Å². The maximum atomic E-state index is 13.0. The van der Waals surface area contributed by atoms with Crippen LogP contribution in [0.5, 0.6) is 0 Å². The summed E-state index contributed by atoms with van der Waals surface area (Å²) in [5, 5.41) is 7.69. The Bertz CT molecular complexity index is 704. The summed E-state index contributed by atoms with van der Waals surface area (Å²) in [5.74, 6) is -0.729. The topological polar surface area (TPSA) is 70.2 Å². The number of nitrogens with one attached hydrogen (secondary N) is 3. The molecule has 0 spiro atoms. The smallest absolute Gasteiger partial charge is 0.323 e. The molecule has 0 aliphatic heterocycles. The van der Waals surface area contributed by atoms with Gasteiger partial charge in [-0.3, -0.25) is 4.79 Å². The zero-order chi connectivity index (χ0) is 16.1. The van der Waals surface area contributed by atoms with Crippen molar-refractivity contribution in [2.75, 3.05) is 16.0 Å². The summed E-state index contributed by atoms with van der Waals surface area (Å²) in [4.78, 5) is 22.7. The fraction of sp³-hybridized carbons (Fsp3) is 0.0667. The molecule has 0 unspecified atom stereocenters. The van der Waals surface area contributed by atoms with E-state index in [4.69, 9.17) is 11.6 Å². The number of rotatable bonds is 3. The Hall–Kier alpha value is -2.60.